The van der Waals surface area contributed by atoms with Crippen molar-refractivity contribution >= 4 is 45.1 Å². The molecule has 4 heterocycles. The number of hydrogen-bond acceptors (Lipinski definition) is 9. The molecule has 0 spiro atoms. The van der Waals surface area contributed by atoms with Gasteiger partial charge in [0.15, 0.2) is 0 Å². The van der Waals surface area contributed by atoms with Crippen LogP contribution in [0, 0.1) is 11.3 Å². The normalized spacial score (nSPS) is 23.0. The van der Waals surface area contributed by atoms with Crippen molar-refractivity contribution in [3.05, 3.63) is 30.1 Å². The van der Waals surface area contributed by atoms with Crippen molar-refractivity contribution in [3.8, 4) is 10.4 Å². The molecule has 6 rings (SSSR count). The van der Waals surface area contributed by atoms with Gasteiger partial charge in [-0.3, -0.25) is 0 Å². The van der Waals surface area contributed by atoms with Gasteiger partial charge in [0.05, 0.1) is 41.6 Å². The van der Waals surface area contributed by atoms with Crippen LogP contribution in [0.25, 0.3) is 21.5 Å². The summed E-state index contributed by atoms with van der Waals surface area (Å²) >= 11 is 1.47. The minimum atomic E-state index is -0.593. The number of thiophene rings is 1. The van der Waals surface area contributed by atoms with E-state index >= 15 is 0 Å². The Hall–Kier alpha value is -3.31. The molecule has 0 bridgehead atoms. The van der Waals surface area contributed by atoms with Crippen molar-refractivity contribution in [1.82, 2.24) is 14.5 Å². The van der Waals surface area contributed by atoms with Crippen LogP contribution in [0.2, 0.25) is 0 Å². The number of rotatable bonds is 5. The van der Waals surface area contributed by atoms with Crippen molar-refractivity contribution in [2.45, 2.75) is 64.5 Å². The number of fused-ring (bicyclic) bond motifs is 2. The fourth-order valence-electron chi connectivity index (χ4n) is 7.02. The lowest BCUT2D eigenvalue weighted by Crippen LogP contribution is -2.41. The molecule has 1 amide bonds. The van der Waals surface area contributed by atoms with E-state index in [1.807, 2.05) is 33.2 Å². The summed E-state index contributed by atoms with van der Waals surface area (Å²) < 4.78 is 13.1. The molecule has 3 aliphatic rings. The molecule has 1 saturated carbocycles. The maximum absolute atomic E-state index is 13.1. The molecular formula is C31H41N5O5S. The van der Waals surface area contributed by atoms with E-state index < -0.39 is 17.0 Å². The number of nitrogens with two attached hydrogens (primary N) is 1. The zero-order valence-electron chi connectivity index (χ0n) is 24.9. The topological polar surface area (TPSA) is 123 Å². The number of anilines is 2. The van der Waals surface area contributed by atoms with Gasteiger partial charge in [-0.25, -0.2) is 14.6 Å². The first-order chi connectivity index (χ1) is 20.0. The number of aliphatic hydroxyl groups is 1. The van der Waals surface area contributed by atoms with E-state index in [2.05, 4.69) is 21.6 Å². The number of benzene rings is 1. The Morgan fingerprint density at radius 2 is 1.93 bits per heavy atom. The average molecular weight is 596 g/mol. The Kier molecular flexibility index (Phi) is 7.37. The van der Waals surface area contributed by atoms with Gasteiger partial charge in [-0.1, -0.05) is 25.3 Å². The highest BCUT2D eigenvalue weighted by atomic mass is 32.1. The third-order valence-electron chi connectivity index (χ3n) is 9.13. The number of ether oxygens (including phenoxy) is 2. The second-order valence-corrected chi connectivity index (χ2v) is 14.1. The number of aromatic nitrogens is 2. The molecule has 3 N–H and O–H groups in total. The maximum Gasteiger partial charge on any atom is 0.410 e. The van der Waals surface area contributed by atoms with E-state index in [1.165, 1.54) is 50.6 Å². The molecule has 1 aliphatic carbocycles. The second kappa shape index (κ2) is 10.8. The number of carbonyl (C=O) groups excluding carboxylic acids is 2. The maximum atomic E-state index is 13.1. The molecule has 2 aromatic heterocycles. The van der Waals surface area contributed by atoms with Gasteiger partial charge in [-0.05, 0) is 51.3 Å². The molecule has 0 radical (unpaired) electrons. The molecule has 226 valence electrons. The summed E-state index contributed by atoms with van der Waals surface area (Å²) in [4.78, 5) is 35.2. The van der Waals surface area contributed by atoms with Gasteiger partial charge < -0.3 is 34.7 Å². The monoisotopic (exact) mass is 595 g/mol. The van der Waals surface area contributed by atoms with Crippen LogP contribution < -0.4 is 10.6 Å². The summed E-state index contributed by atoms with van der Waals surface area (Å²) in [5, 5.41) is 11.3. The van der Waals surface area contributed by atoms with Crippen LogP contribution in [0.4, 0.5) is 15.5 Å². The van der Waals surface area contributed by atoms with Crippen molar-refractivity contribution in [2.75, 3.05) is 50.5 Å². The molecule has 1 aromatic carbocycles. The first-order valence-corrected chi connectivity index (χ1v) is 15.7. The van der Waals surface area contributed by atoms with Gasteiger partial charge in [-0.2, -0.15) is 0 Å². The average Bonchev–Trinajstić information content (AvgIpc) is 3.71. The van der Waals surface area contributed by atoms with Crippen LogP contribution in [0.15, 0.2) is 24.5 Å². The van der Waals surface area contributed by atoms with Gasteiger partial charge in [0.2, 0.25) is 0 Å². The smallest absolute Gasteiger partial charge is 0.410 e. The SMILES string of the molecule is COC(=O)c1c(N2CC3CN(C(=O)OC(C)(C)C)CC3(CO)C2)sc(-c2ccc3c(c2)ncn3C2CCCCC2)c1N. The predicted octanol–water partition coefficient (Wildman–Crippen LogP) is 5.30. The fourth-order valence-corrected chi connectivity index (χ4v) is 8.23. The van der Waals surface area contributed by atoms with Crippen molar-refractivity contribution in [2.24, 2.45) is 11.3 Å². The first-order valence-electron chi connectivity index (χ1n) is 14.8. The minimum Gasteiger partial charge on any atom is -0.465 e. The van der Waals surface area contributed by atoms with Gasteiger partial charge in [0, 0.05) is 43.6 Å². The standard InChI is InChI=1S/C31H41N5O5S/c1-30(2,3)41-29(39)35-14-20-13-34(15-31(20,16-35)17-37)27-24(28(38)40-4)25(32)26(42-27)19-10-11-23-22(12-19)33-18-36(23)21-8-6-5-7-9-21/h10-12,18,20-21,37H,5-9,13-17,32H2,1-4H3. The van der Waals surface area contributed by atoms with E-state index in [1.54, 1.807) is 4.90 Å². The fraction of sp³-hybridized carbons (Fsp3) is 0.581. The number of nitrogens with zero attached hydrogens (tertiary/aromatic N) is 4. The van der Waals surface area contributed by atoms with Gasteiger partial charge in [0.25, 0.3) is 0 Å². The van der Waals surface area contributed by atoms with Gasteiger partial charge >= 0.3 is 12.1 Å². The molecule has 2 atom stereocenters. The number of nitrogen functional groups attached to an aromatic ring is 1. The van der Waals surface area contributed by atoms with E-state index in [0.29, 0.717) is 43.5 Å². The Balaban J connectivity index is 1.30. The highest BCUT2D eigenvalue weighted by Crippen LogP contribution is 2.50. The molecule has 2 aliphatic heterocycles. The quantitative estimate of drug-likeness (QED) is 0.381. The van der Waals surface area contributed by atoms with Crippen LogP contribution >= 0.6 is 11.3 Å². The summed E-state index contributed by atoms with van der Waals surface area (Å²) in [6.07, 6.45) is 7.75. The first kappa shape index (κ1) is 28.8. The number of imidazole rings is 1. The van der Waals surface area contributed by atoms with E-state index in [9.17, 15) is 14.7 Å². The van der Waals surface area contributed by atoms with Crippen LogP contribution in [0.1, 0.15) is 69.3 Å². The Morgan fingerprint density at radius 1 is 1.17 bits per heavy atom. The lowest BCUT2D eigenvalue weighted by molar-refractivity contribution is 0.0258. The third-order valence-corrected chi connectivity index (χ3v) is 10.4. The summed E-state index contributed by atoms with van der Waals surface area (Å²) in [6.45, 7) is 7.40. The Bertz CT molecular complexity index is 1500. The van der Waals surface area contributed by atoms with Crippen LogP contribution in [0.5, 0.6) is 0 Å². The predicted molar refractivity (Wildman–Crippen MR) is 164 cm³/mol. The number of hydrogen-bond donors (Lipinski definition) is 2. The van der Waals surface area contributed by atoms with Crippen molar-refractivity contribution in [3.63, 3.8) is 0 Å². The van der Waals surface area contributed by atoms with Gasteiger partial charge in [-0.15, -0.1) is 11.3 Å². The zero-order valence-corrected chi connectivity index (χ0v) is 25.7. The van der Waals surface area contributed by atoms with E-state index in [-0.39, 0.29) is 18.6 Å². The molecule has 42 heavy (non-hydrogen) atoms. The molecule has 3 fully saturated rings. The highest BCUT2D eigenvalue weighted by molar-refractivity contribution is 7.20. The lowest BCUT2D eigenvalue weighted by atomic mass is 9.82. The van der Waals surface area contributed by atoms with Gasteiger partial charge in [0.1, 0.15) is 16.2 Å². The zero-order chi connectivity index (χ0) is 29.8. The molecule has 11 heteroatoms. The largest absolute Gasteiger partial charge is 0.465 e. The van der Waals surface area contributed by atoms with Crippen LogP contribution in [-0.2, 0) is 9.47 Å². The number of esters is 1. The summed E-state index contributed by atoms with van der Waals surface area (Å²) in [5.74, 6) is -0.467. The molecule has 2 unspecified atom stereocenters. The summed E-state index contributed by atoms with van der Waals surface area (Å²) in [7, 11) is 1.36. The molecule has 2 saturated heterocycles. The van der Waals surface area contributed by atoms with Crippen molar-refractivity contribution in [1.29, 1.82) is 0 Å². The number of carbonyl (C=O) groups is 2. The Morgan fingerprint density at radius 3 is 2.60 bits per heavy atom. The summed E-state index contributed by atoms with van der Waals surface area (Å²) in [5.41, 5.74) is 9.24. The summed E-state index contributed by atoms with van der Waals surface area (Å²) in [6, 6.07) is 6.70. The molecule has 3 aromatic rings. The number of amides is 1. The van der Waals surface area contributed by atoms with Crippen molar-refractivity contribution < 1.29 is 24.2 Å². The number of methoxy groups -OCH3 is 1. The minimum absolute atomic E-state index is 0.0207. The van der Waals surface area contributed by atoms with Crippen LogP contribution in [-0.4, -0.2) is 77.1 Å². The lowest BCUT2D eigenvalue weighted by Gasteiger charge is -2.29. The van der Waals surface area contributed by atoms with Crippen LogP contribution in [0.3, 0.4) is 0 Å². The number of aliphatic hydroxyl groups excluding tert-OH is 1. The molecular weight excluding hydrogens is 554 g/mol. The van der Waals surface area contributed by atoms with E-state index in [0.717, 1.165) is 26.5 Å². The Labute approximate surface area is 250 Å². The third kappa shape index (κ3) is 5.00. The highest BCUT2D eigenvalue weighted by Gasteiger charge is 2.54. The number of likely N-dealkylation sites (tertiary alicyclic amines) is 1. The van der Waals surface area contributed by atoms with E-state index in [4.69, 9.17) is 20.2 Å². The molecule has 10 nitrogen and oxygen atoms in total. The second-order valence-electron chi connectivity index (χ2n) is 13.1.